The third-order valence-electron chi connectivity index (χ3n) is 1.85. The van der Waals surface area contributed by atoms with Gasteiger partial charge in [0.2, 0.25) is 0 Å². The fraction of sp³-hybridized carbons (Fsp3) is 1.00. The lowest BCUT2D eigenvalue weighted by atomic mass is 10.2. The second kappa shape index (κ2) is 9.36. The molecule has 0 bridgehead atoms. The van der Waals surface area contributed by atoms with E-state index in [4.69, 9.17) is 24.1 Å². The summed E-state index contributed by atoms with van der Waals surface area (Å²) in [5.74, 6) is 0. The molecule has 0 saturated heterocycles. The van der Waals surface area contributed by atoms with Crippen molar-refractivity contribution in [3.63, 3.8) is 0 Å². The standard InChI is InChI=1S/C9H20O5/c1-11-4-5-14-9(7-12-2)8(6-10)13-3/h8-10H,4-7H2,1-3H3. The van der Waals surface area contributed by atoms with Gasteiger partial charge < -0.3 is 24.1 Å². The first kappa shape index (κ1) is 13.8. The molecule has 0 amide bonds. The van der Waals surface area contributed by atoms with Crippen LogP contribution in [0.3, 0.4) is 0 Å². The number of aliphatic hydroxyl groups excluding tert-OH is 1. The average Bonchev–Trinajstić information content (AvgIpc) is 2.20. The van der Waals surface area contributed by atoms with Crippen LogP contribution in [0.5, 0.6) is 0 Å². The molecule has 0 aliphatic rings. The molecule has 2 unspecified atom stereocenters. The Morgan fingerprint density at radius 2 is 1.71 bits per heavy atom. The van der Waals surface area contributed by atoms with E-state index in [0.717, 1.165) is 0 Å². The van der Waals surface area contributed by atoms with Crippen molar-refractivity contribution in [2.45, 2.75) is 12.2 Å². The highest BCUT2D eigenvalue weighted by Gasteiger charge is 2.20. The minimum atomic E-state index is -0.355. The largest absolute Gasteiger partial charge is 0.394 e. The van der Waals surface area contributed by atoms with Crippen LogP contribution in [-0.4, -0.2) is 65.1 Å². The molecule has 0 aliphatic carbocycles. The fourth-order valence-electron chi connectivity index (χ4n) is 1.05. The van der Waals surface area contributed by atoms with Crippen LogP contribution in [0, 0.1) is 0 Å². The maximum Gasteiger partial charge on any atom is 0.109 e. The summed E-state index contributed by atoms with van der Waals surface area (Å²) in [5, 5.41) is 8.99. The molecule has 5 nitrogen and oxygen atoms in total. The number of rotatable bonds is 9. The molecule has 5 heteroatoms. The van der Waals surface area contributed by atoms with Crippen LogP contribution in [0.1, 0.15) is 0 Å². The molecule has 0 radical (unpaired) electrons. The Hall–Kier alpha value is -0.200. The van der Waals surface area contributed by atoms with E-state index in [0.29, 0.717) is 19.8 Å². The molecule has 0 fully saturated rings. The maximum atomic E-state index is 8.99. The smallest absolute Gasteiger partial charge is 0.109 e. The summed E-state index contributed by atoms with van der Waals surface area (Å²) in [6, 6.07) is 0. The lowest BCUT2D eigenvalue weighted by Crippen LogP contribution is -2.38. The molecular formula is C9H20O5. The van der Waals surface area contributed by atoms with E-state index in [-0.39, 0.29) is 18.8 Å². The fourth-order valence-corrected chi connectivity index (χ4v) is 1.05. The van der Waals surface area contributed by atoms with E-state index in [1.807, 2.05) is 0 Å². The molecular weight excluding hydrogens is 188 g/mol. The Bertz CT molecular complexity index is 116. The quantitative estimate of drug-likeness (QED) is 0.526. The van der Waals surface area contributed by atoms with Crippen LogP contribution in [-0.2, 0) is 18.9 Å². The van der Waals surface area contributed by atoms with Crippen molar-refractivity contribution in [3.8, 4) is 0 Å². The molecule has 0 heterocycles. The molecule has 0 aromatic carbocycles. The van der Waals surface area contributed by atoms with Crippen molar-refractivity contribution in [3.05, 3.63) is 0 Å². The zero-order valence-corrected chi connectivity index (χ0v) is 9.06. The number of methoxy groups -OCH3 is 3. The third-order valence-corrected chi connectivity index (χ3v) is 1.85. The molecule has 2 atom stereocenters. The second-order valence-electron chi connectivity index (χ2n) is 2.81. The predicted octanol–water partition coefficient (Wildman–Crippen LogP) is -0.328. The maximum absolute atomic E-state index is 8.99. The SMILES string of the molecule is COCCOC(COC)C(CO)OC. The molecule has 1 N–H and O–H groups in total. The van der Waals surface area contributed by atoms with Gasteiger partial charge in [0, 0.05) is 21.3 Å². The zero-order valence-electron chi connectivity index (χ0n) is 9.06. The van der Waals surface area contributed by atoms with Gasteiger partial charge in [-0.05, 0) is 0 Å². The van der Waals surface area contributed by atoms with Crippen LogP contribution >= 0.6 is 0 Å². The van der Waals surface area contributed by atoms with Crippen molar-refractivity contribution in [1.82, 2.24) is 0 Å². The van der Waals surface area contributed by atoms with Crippen molar-refractivity contribution in [1.29, 1.82) is 0 Å². The number of hydrogen-bond acceptors (Lipinski definition) is 5. The summed E-state index contributed by atoms with van der Waals surface area (Å²) in [4.78, 5) is 0. The lowest BCUT2D eigenvalue weighted by Gasteiger charge is -2.23. The normalized spacial score (nSPS) is 15.4. The molecule has 0 aromatic heterocycles. The van der Waals surface area contributed by atoms with E-state index in [2.05, 4.69) is 0 Å². The second-order valence-corrected chi connectivity index (χ2v) is 2.81. The van der Waals surface area contributed by atoms with Gasteiger partial charge in [0.15, 0.2) is 0 Å². The Morgan fingerprint density at radius 3 is 2.14 bits per heavy atom. The van der Waals surface area contributed by atoms with Crippen LogP contribution in [0.4, 0.5) is 0 Å². The Balaban J connectivity index is 3.85. The summed E-state index contributed by atoms with van der Waals surface area (Å²) in [5.41, 5.74) is 0. The van der Waals surface area contributed by atoms with Gasteiger partial charge in [0.25, 0.3) is 0 Å². The van der Waals surface area contributed by atoms with Gasteiger partial charge in [-0.2, -0.15) is 0 Å². The molecule has 0 saturated carbocycles. The highest BCUT2D eigenvalue weighted by Crippen LogP contribution is 2.03. The van der Waals surface area contributed by atoms with Crippen molar-refractivity contribution in [2.24, 2.45) is 0 Å². The average molecular weight is 208 g/mol. The summed E-state index contributed by atoms with van der Waals surface area (Å²) >= 11 is 0. The zero-order chi connectivity index (χ0) is 10.8. The third kappa shape index (κ3) is 5.51. The Labute approximate surface area is 84.9 Å². The minimum absolute atomic E-state index is 0.0858. The lowest BCUT2D eigenvalue weighted by molar-refractivity contribution is -0.107. The van der Waals surface area contributed by atoms with Crippen molar-refractivity contribution < 1.29 is 24.1 Å². The first-order valence-corrected chi connectivity index (χ1v) is 4.53. The monoisotopic (exact) mass is 208 g/mol. The molecule has 0 spiro atoms. The van der Waals surface area contributed by atoms with Gasteiger partial charge in [0.1, 0.15) is 12.2 Å². The summed E-state index contributed by atoms with van der Waals surface area (Å²) in [6.07, 6.45) is -0.614. The highest BCUT2D eigenvalue weighted by atomic mass is 16.6. The number of ether oxygens (including phenoxy) is 4. The first-order valence-electron chi connectivity index (χ1n) is 4.53. The summed E-state index contributed by atoms with van der Waals surface area (Å²) in [7, 11) is 4.72. The van der Waals surface area contributed by atoms with E-state index in [1.54, 1.807) is 14.2 Å². The number of aliphatic hydroxyl groups is 1. The molecule has 0 aliphatic heterocycles. The van der Waals surface area contributed by atoms with Gasteiger partial charge in [-0.15, -0.1) is 0 Å². The van der Waals surface area contributed by atoms with E-state index in [9.17, 15) is 0 Å². The summed E-state index contributed by atoms with van der Waals surface area (Å²) < 4.78 is 20.3. The van der Waals surface area contributed by atoms with Crippen LogP contribution < -0.4 is 0 Å². The van der Waals surface area contributed by atoms with Crippen molar-refractivity contribution >= 4 is 0 Å². The topological polar surface area (TPSA) is 57.2 Å². The number of hydrogen-bond donors (Lipinski definition) is 1. The highest BCUT2D eigenvalue weighted by molar-refractivity contribution is 4.69. The molecule has 14 heavy (non-hydrogen) atoms. The van der Waals surface area contributed by atoms with Gasteiger partial charge in [-0.3, -0.25) is 0 Å². The van der Waals surface area contributed by atoms with Crippen LogP contribution in [0.25, 0.3) is 0 Å². The van der Waals surface area contributed by atoms with Gasteiger partial charge in [-0.25, -0.2) is 0 Å². The van der Waals surface area contributed by atoms with Crippen LogP contribution in [0.15, 0.2) is 0 Å². The molecule has 86 valence electrons. The van der Waals surface area contributed by atoms with E-state index >= 15 is 0 Å². The molecule has 0 aromatic rings. The first-order chi connectivity index (χ1) is 6.79. The van der Waals surface area contributed by atoms with E-state index < -0.39 is 0 Å². The van der Waals surface area contributed by atoms with Gasteiger partial charge >= 0.3 is 0 Å². The minimum Gasteiger partial charge on any atom is -0.394 e. The van der Waals surface area contributed by atoms with Crippen molar-refractivity contribution in [2.75, 3.05) is 47.8 Å². The van der Waals surface area contributed by atoms with Crippen LogP contribution in [0.2, 0.25) is 0 Å². The van der Waals surface area contributed by atoms with Gasteiger partial charge in [0.05, 0.1) is 26.4 Å². The Kier molecular flexibility index (Phi) is 9.23. The van der Waals surface area contributed by atoms with Gasteiger partial charge in [-0.1, -0.05) is 0 Å². The summed E-state index contributed by atoms with van der Waals surface area (Å²) in [6.45, 7) is 1.28. The predicted molar refractivity (Wildman–Crippen MR) is 51.4 cm³/mol. The Morgan fingerprint density at radius 1 is 1.00 bits per heavy atom. The van der Waals surface area contributed by atoms with E-state index in [1.165, 1.54) is 7.11 Å². The molecule has 0 rings (SSSR count).